The fourth-order valence-electron chi connectivity index (χ4n) is 0.531. The molecule has 0 N–H and O–H groups in total. The van der Waals surface area contributed by atoms with Crippen LogP contribution in [0.3, 0.4) is 0 Å². The molecule has 0 saturated heterocycles. The molecule has 3 heteroatoms. The molecule has 1 aromatic rings. The third-order valence-electron chi connectivity index (χ3n) is 0.925. The Bertz CT molecular complexity index is 217. The zero-order chi connectivity index (χ0) is 7.40. The first-order valence-corrected chi connectivity index (χ1v) is 4.79. The molecule has 1 aromatic heterocycles. The summed E-state index contributed by atoms with van der Waals surface area (Å²) >= 11 is 3.46. The van der Waals surface area contributed by atoms with Crippen molar-refractivity contribution in [1.82, 2.24) is 4.98 Å². The number of aromatic nitrogens is 1. The van der Waals surface area contributed by atoms with Gasteiger partial charge >= 0.3 is 0 Å². The van der Waals surface area contributed by atoms with Crippen LogP contribution in [0.5, 0.6) is 0 Å². The number of thioether (sulfide) groups is 1. The second-order valence-corrected chi connectivity index (χ2v) is 4.34. The Morgan fingerprint density at radius 3 is 3.20 bits per heavy atom. The summed E-state index contributed by atoms with van der Waals surface area (Å²) in [4.78, 5) is 5.46. The molecule has 10 heavy (non-hydrogen) atoms. The Kier molecular flexibility index (Phi) is 2.96. The van der Waals surface area contributed by atoms with Gasteiger partial charge in [0.05, 0.1) is 0 Å². The topological polar surface area (TPSA) is 12.9 Å². The molecule has 0 aliphatic heterocycles. The van der Waals surface area contributed by atoms with Crippen LogP contribution in [-0.4, -0.2) is 10.7 Å². The second kappa shape index (κ2) is 3.78. The van der Waals surface area contributed by atoms with Gasteiger partial charge in [0.25, 0.3) is 0 Å². The standard InChI is InChI=1S/C7H9NS2/c1-3-4-9-7-8-5-6(2)10-7/h3,5H,1,4H2,2H3. The van der Waals surface area contributed by atoms with Crippen LogP contribution in [-0.2, 0) is 0 Å². The lowest BCUT2D eigenvalue weighted by molar-refractivity contribution is 1.24. The van der Waals surface area contributed by atoms with Gasteiger partial charge in [-0.3, -0.25) is 0 Å². The molecule has 0 spiro atoms. The summed E-state index contributed by atoms with van der Waals surface area (Å²) in [5, 5.41) is 0. The molecular weight excluding hydrogens is 162 g/mol. The smallest absolute Gasteiger partial charge is 0.150 e. The van der Waals surface area contributed by atoms with Gasteiger partial charge in [-0.15, -0.1) is 17.9 Å². The van der Waals surface area contributed by atoms with Gasteiger partial charge in [-0.1, -0.05) is 17.8 Å². The molecule has 0 radical (unpaired) electrons. The Morgan fingerprint density at radius 1 is 1.90 bits per heavy atom. The first-order valence-electron chi connectivity index (χ1n) is 2.99. The van der Waals surface area contributed by atoms with Gasteiger partial charge in [-0.05, 0) is 6.92 Å². The predicted molar refractivity (Wildman–Crippen MR) is 47.8 cm³/mol. The molecule has 0 amide bonds. The highest BCUT2D eigenvalue weighted by atomic mass is 32.2. The Morgan fingerprint density at radius 2 is 2.70 bits per heavy atom. The fraction of sp³-hybridized carbons (Fsp3) is 0.286. The zero-order valence-corrected chi connectivity index (χ0v) is 7.47. The van der Waals surface area contributed by atoms with E-state index in [-0.39, 0.29) is 0 Å². The summed E-state index contributed by atoms with van der Waals surface area (Å²) in [6, 6.07) is 0. The predicted octanol–water partition coefficient (Wildman–Crippen LogP) is 2.73. The molecule has 0 atom stereocenters. The molecule has 0 unspecified atom stereocenters. The number of thiazole rings is 1. The minimum atomic E-state index is 0.951. The molecule has 1 nitrogen and oxygen atoms in total. The summed E-state index contributed by atoms with van der Waals surface area (Å²) in [5.41, 5.74) is 0. The quantitative estimate of drug-likeness (QED) is 0.512. The molecule has 1 rings (SSSR count). The molecule has 0 aliphatic carbocycles. The number of hydrogen-bond acceptors (Lipinski definition) is 3. The average Bonchev–Trinajstić information content (AvgIpc) is 2.31. The van der Waals surface area contributed by atoms with Crippen molar-refractivity contribution in [2.24, 2.45) is 0 Å². The number of aryl methyl sites for hydroxylation is 1. The van der Waals surface area contributed by atoms with Gasteiger partial charge in [-0.2, -0.15) is 0 Å². The molecule has 0 fully saturated rings. The third-order valence-corrected chi connectivity index (χ3v) is 2.99. The lowest BCUT2D eigenvalue weighted by Gasteiger charge is -1.86. The van der Waals surface area contributed by atoms with E-state index in [0.29, 0.717) is 0 Å². The number of hydrogen-bond donors (Lipinski definition) is 0. The Labute approximate surface area is 69.2 Å². The molecule has 0 aromatic carbocycles. The maximum atomic E-state index is 4.19. The summed E-state index contributed by atoms with van der Waals surface area (Å²) in [6.07, 6.45) is 3.79. The van der Waals surface area contributed by atoms with E-state index in [1.807, 2.05) is 12.3 Å². The SMILES string of the molecule is C=CCSc1ncc(C)s1. The van der Waals surface area contributed by atoms with Crippen molar-refractivity contribution in [2.45, 2.75) is 11.3 Å². The van der Waals surface area contributed by atoms with Crippen molar-refractivity contribution in [2.75, 3.05) is 5.75 Å². The Balaban J connectivity index is 2.49. The Hall–Kier alpha value is -0.280. The van der Waals surface area contributed by atoms with Crippen LogP contribution in [0.4, 0.5) is 0 Å². The molecule has 54 valence electrons. The van der Waals surface area contributed by atoms with E-state index in [4.69, 9.17) is 0 Å². The maximum absolute atomic E-state index is 4.19. The monoisotopic (exact) mass is 171 g/mol. The summed E-state index contributed by atoms with van der Waals surface area (Å²) in [6.45, 7) is 5.70. The fourth-order valence-corrected chi connectivity index (χ4v) is 2.24. The third kappa shape index (κ3) is 2.15. The lowest BCUT2D eigenvalue weighted by Crippen LogP contribution is -1.67. The van der Waals surface area contributed by atoms with E-state index in [2.05, 4.69) is 18.5 Å². The van der Waals surface area contributed by atoms with Crippen LogP contribution in [0, 0.1) is 6.92 Å². The summed E-state index contributed by atoms with van der Waals surface area (Å²) < 4.78 is 1.14. The molecule has 0 saturated carbocycles. The van der Waals surface area contributed by atoms with Crippen molar-refractivity contribution < 1.29 is 0 Å². The van der Waals surface area contributed by atoms with Gasteiger partial charge in [0.1, 0.15) is 4.34 Å². The van der Waals surface area contributed by atoms with Crippen LogP contribution in [0.15, 0.2) is 23.2 Å². The normalized spacial score (nSPS) is 9.70. The molecule has 0 bridgehead atoms. The zero-order valence-electron chi connectivity index (χ0n) is 5.83. The van der Waals surface area contributed by atoms with Gasteiger partial charge in [0, 0.05) is 16.8 Å². The van der Waals surface area contributed by atoms with Crippen molar-refractivity contribution in [3.05, 3.63) is 23.7 Å². The van der Waals surface area contributed by atoms with Crippen LogP contribution in [0.2, 0.25) is 0 Å². The van der Waals surface area contributed by atoms with Crippen molar-refractivity contribution in [1.29, 1.82) is 0 Å². The van der Waals surface area contributed by atoms with Gasteiger partial charge in [0.15, 0.2) is 0 Å². The lowest BCUT2D eigenvalue weighted by atomic mass is 10.7. The van der Waals surface area contributed by atoms with E-state index in [1.165, 1.54) is 4.88 Å². The largest absolute Gasteiger partial charge is 0.238 e. The van der Waals surface area contributed by atoms with Crippen LogP contribution in [0.1, 0.15) is 4.88 Å². The minimum absolute atomic E-state index is 0.951. The average molecular weight is 171 g/mol. The second-order valence-electron chi connectivity index (χ2n) is 1.84. The highest BCUT2D eigenvalue weighted by Gasteiger charge is 1.95. The number of nitrogens with zero attached hydrogens (tertiary/aromatic N) is 1. The first-order chi connectivity index (χ1) is 4.83. The van der Waals surface area contributed by atoms with E-state index in [1.54, 1.807) is 23.1 Å². The molecule has 0 aliphatic rings. The van der Waals surface area contributed by atoms with E-state index < -0.39 is 0 Å². The van der Waals surface area contributed by atoms with Crippen LogP contribution >= 0.6 is 23.1 Å². The minimum Gasteiger partial charge on any atom is -0.238 e. The van der Waals surface area contributed by atoms with Crippen LogP contribution in [0.25, 0.3) is 0 Å². The molecular formula is C7H9NS2. The van der Waals surface area contributed by atoms with E-state index in [0.717, 1.165) is 10.1 Å². The number of rotatable bonds is 3. The van der Waals surface area contributed by atoms with Crippen molar-refractivity contribution in [3.8, 4) is 0 Å². The van der Waals surface area contributed by atoms with Crippen molar-refractivity contribution in [3.63, 3.8) is 0 Å². The first kappa shape index (κ1) is 7.82. The highest BCUT2D eigenvalue weighted by Crippen LogP contribution is 2.22. The van der Waals surface area contributed by atoms with Gasteiger partial charge in [-0.25, -0.2) is 4.98 Å². The van der Waals surface area contributed by atoms with E-state index in [9.17, 15) is 0 Å². The highest BCUT2D eigenvalue weighted by molar-refractivity contribution is 8.01. The van der Waals surface area contributed by atoms with Gasteiger partial charge in [0.2, 0.25) is 0 Å². The van der Waals surface area contributed by atoms with Crippen LogP contribution < -0.4 is 0 Å². The molecule has 1 heterocycles. The van der Waals surface area contributed by atoms with Gasteiger partial charge < -0.3 is 0 Å². The maximum Gasteiger partial charge on any atom is 0.150 e. The summed E-state index contributed by atoms with van der Waals surface area (Å²) in [7, 11) is 0. The van der Waals surface area contributed by atoms with E-state index >= 15 is 0 Å². The summed E-state index contributed by atoms with van der Waals surface area (Å²) in [5.74, 6) is 0.951. The van der Waals surface area contributed by atoms with Crippen molar-refractivity contribution >= 4 is 23.1 Å².